The van der Waals surface area contributed by atoms with Crippen LogP contribution in [0.4, 0.5) is 11.4 Å². The molecule has 0 spiro atoms. The van der Waals surface area contributed by atoms with Crippen molar-refractivity contribution in [3.05, 3.63) is 58.6 Å². The predicted octanol–water partition coefficient (Wildman–Crippen LogP) is 3.25. The number of nitrogen functional groups attached to an aromatic ring is 1. The first kappa shape index (κ1) is 14.7. The maximum atomic E-state index is 9.54. The number of nitrogens with one attached hydrogen (secondary N) is 1. The Balaban J connectivity index is 2.12. The van der Waals surface area contributed by atoms with Crippen LogP contribution >= 0.6 is 11.6 Å². The van der Waals surface area contributed by atoms with E-state index in [1.807, 2.05) is 43.3 Å². The molecule has 0 bridgehead atoms. The molecule has 4 heteroatoms. The smallest absolute Gasteiger partial charge is 0.0656 e. The van der Waals surface area contributed by atoms with Crippen molar-refractivity contribution in [1.29, 1.82) is 0 Å². The predicted molar refractivity (Wildman–Crippen MR) is 85.2 cm³/mol. The molecule has 106 valence electrons. The Morgan fingerprint density at radius 2 is 1.95 bits per heavy atom. The summed E-state index contributed by atoms with van der Waals surface area (Å²) in [4.78, 5) is 0. The number of hydrogen-bond acceptors (Lipinski definition) is 3. The highest BCUT2D eigenvalue weighted by Gasteiger charge is 2.11. The molecule has 2 aromatic carbocycles. The van der Waals surface area contributed by atoms with Crippen molar-refractivity contribution in [3.63, 3.8) is 0 Å². The van der Waals surface area contributed by atoms with Gasteiger partial charge in [-0.2, -0.15) is 0 Å². The minimum absolute atomic E-state index is 0.0519. The van der Waals surface area contributed by atoms with Gasteiger partial charge in [0.25, 0.3) is 0 Å². The summed E-state index contributed by atoms with van der Waals surface area (Å²) in [6, 6.07) is 13.6. The lowest BCUT2D eigenvalue weighted by Gasteiger charge is -2.20. The number of anilines is 2. The number of aryl methyl sites for hydroxylation is 1. The Morgan fingerprint density at radius 3 is 2.60 bits per heavy atom. The molecule has 20 heavy (non-hydrogen) atoms. The third kappa shape index (κ3) is 3.65. The summed E-state index contributed by atoms with van der Waals surface area (Å²) < 4.78 is 0. The molecule has 0 heterocycles. The fourth-order valence-electron chi connectivity index (χ4n) is 2.14. The van der Waals surface area contributed by atoms with Crippen LogP contribution in [0.3, 0.4) is 0 Å². The first-order valence-electron chi connectivity index (χ1n) is 6.57. The molecule has 0 radical (unpaired) electrons. The second kappa shape index (κ2) is 6.64. The molecule has 1 unspecified atom stereocenters. The molecule has 0 aliphatic rings. The molecule has 0 saturated heterocycles. The number of nitrogens with two attached hydrogens (primary N) is 1. The first-order valence-corrected chi connectivity index (χ1v) is 6.95. The van der Waals surface area contributed by atoms with Crippen LogP contribution in [0.1, 0.15) is 11.1 Å². The van der Waals surface area contributed by atoms with Crippen LogP contribution in [0.25, 0.3) is 0 Å². The molecular weight excluding hydrogens is 272 g/mol. The third-order valence-electron chi connectivity index (χ3n) is 3.25. The quantitative estimate of drug-likeness (QED) is 0.741. The lowest BCUT2D eigenvalue weighted by atomic mass is 10.1. The van der Waals surface area contributed by atoms with Gasteiger partial charge in [-0.05, 0) is 36.6 Å². The van der Waals surface area contributed by atoms with Gasteiger partial charge in [0.05, 0.1) is 23.4 Å². The van der Waals surface area contributed by atoms with E-state index in [9.17, 15) is 5.11 Å². The zero-order chi connectivity index (χ0) is 14.5. The van der Waals surface area contributed by atoms with Crippen molar-refractivity contribution in [2.75, 3.05) is 17.7 Å². The van der Waals surface area contributed by atoms with E-state index in [-0.39, 0.29) is 12.6 Å². The van der Waals surface area contributed by atoms with Crippen LogP contribution in [0.2, 0.25) is 5.02 Å². The second-order valence-corrected chi connectivity index (χ2v) is 5.31. The lowest BCUT2D eigenvalue weighted by molar-refractivity contribution is 0.273. The van der Waals surface area contributed by atoms with Crippen molar-refractivity contribution in [2.24, 2.45) is 0 Å². The van der Waals surface area contributed by atoms with Gasteiger partial charge in [0.2, 0.25) is 0 Å². The zero-order valence-corrected chi connectivity index (χ0v) is 12.2. The molecule has 0 fully saturated rings. The van der Waals surface area contributed by atoms with Crippen molar-refractivity contribution in [2.45, 2.75) is 19.4 Å². The number of benzene rings is 2. The van der Waals surface area contributed by atoms with Gasteiger partial charge in [0.1, 0.15) is 0 Å². The third-order valence-corrected chi connectivity index (χ3v) is 3.58. The lowest BCUT2D eigenvalue weighted by Crippen LogP contribution is -2.26. The van der Waals surface area contributed by atoms with Crippen molar-refractivity contribution >= 4 is 23.0 Å². The maximum Gasteiger partial charge on any atom is 0.0656 e. The van der Waals surface area contributed by atoms with E-state index in [0.717, 1.165) is 17.7 Å². The summed E-state index contributed by atoms with van der Waals surface area (Å²) in [6.45, 7) is 2.02. The number of rotatable bonds is 5. The molecule has 0 aliphatic carbocycles. The summed E-state index contributed by atoms with van der Waals surface area (Å²) in [5.41, 5.74) is 9.43. The van der Waals surface area contributed by atoms with Gasteiger partial charge in [0, 0.05) is 5.69 Å². The van der Waals surface area contributed by atoms with Gasteiger partial charge in [-0.3, -0.25) is 0 Å². The van der Waals surface area contributed by atoms with Gasteiger partial charge in [-0.1, -0.05) is 41.9 Å². The van der Waals surface area contributed by atoms with Gasteiger partial charge in [-0.25, -0.2) is 0 Å². The van der Waals surface area contributed by atoms with E-state index in [4.69, 9.17) is 17.3 Å². The molecule has 2 rings (SSSR count). The summed E-state index contributed by atoms with van der Waals surface area (Å²) >= 11 is 6.05. The number of hydrogen-bond donors (Lipinski definition) is 3. The highest BCUT2D eigenvalue weighted by atomic mass is 35.5. The van der Waals surface area contributed by atoms with Crippen LogP contribution in [0.15, 0.2) is 42.5 Å². The van der Waals surface area contributed by atoms with Crippen LogP contribution in [0.5, 0.6) is 0 Å². The average molecular weight is 291 g/mol. The summed E-state index contributed by atoms with van der Waals surface area (Å²) in [7, 11) is 0. The maximum absolute atomic E-state index is 9.54. The first-order chi connectivity index (χ1) is 9.60. The molecular formula is C16H19ClN2O. The SMILES string of the molecule is Cc1cc(N)c(Cl)cc1NC(CO)Cc1ccccc1. The number of halogens is 1. The second-order valence-electron chi connectivity index (χ2n) is 4.90. The van der Waals surface area contributed by atoms with Crippen LogP contribution in [-0.2, 0) is 6.42 Å². The molecule has 0 saturated carbocycles. The molecule has 3 nitrogen and oxygen atoms in total. The van der Waals surface area contributed by atoms with Crippen molar-refractivity contribution in [1.82, 2.24) is 0 Å². The minimum Gasteiger partial charge on any atom is -0.398 e. The highest BCUT2D eigenvalue weighted by molar-refractivity contribution is 6.33. The molecule has 0 amide bonds. The van der Waals surface area contributed by atoms with E-state index in [0.29, 0.717) is 10.7 Å². The molecule has 4 N–H and O–H groups in total. The summed E-state index contributed by atoms with van der Waals surface area (Å²) in [5.74, 6) is 0. The molecule has 0 aromatic heterocycles. The minimum atomic E-state index is -0.0595. The van der Waals surface area contributed by atoms with Crippen LogP contribution in [0, 0.1) is 6.92 Å². The highest BCUT2D eigenvalue weighted by Crippen LogP contribution is 2.27. The topological polar surface area (TPSA) is 58.3 Å². The van der Waals surface area contributed by atoms with E-state index < -0.39 is 0 Å². The van der Waals surface area contributed by atoms with Crippen LogP contribution in [-0.4, -0.2) is 17.8 Å². The van der Waals surface area contributed by atoms with E-state index in [2.05, 4.69) is 5.32 Å². The van der Waals surface area contributed by atoms with Gasteiger partial charge >= 0.3 is 0 Å². The van der Waals surface area contributed by atoms with Gasteiger partial charge < -0.3 is 16.2 Å². The van der Waals surface area contributed by atoms with Crippen molar-refractivity contribution in [3.8, 4) is 0 Å². The molecule has 1 atom stereocenters. The fourth-order valence-corrected chi connectivity index (χ4v) is 2.30. The number of aliphatic hydroxyl groups is 1. The normalized spacial score (nSPS) is 12.2. The zero-order valence-electron chi connectivity index (χ0n) is 11.4. The summed E-state index contributed by atoms with van der Waals surface area (Å²) in [6.07, 6.45) is 0.749. The van der Waals surface area contributed by atoms with Crippen molar-refractivity contribution < 1.29 is 5.11 Å². The van der Waals surface area contributed by atoms with E-state index in [1.165, 1.54) is 5.56 Å². The Hall–Kier alpha value is -1.71. The van der Waals surface area contributed by atoms with Gasteiger partial charge in [-0.15, -0.1) is 0 Å². The Bertz CT molecular complexity index is 572. The number of aliphatic hydroxyl groups excluding tert-OH is 1. The Labute approximate surface area is 124 Å². The Morgan fingerprint density at radius 1 is 1.25 bits per heavy atom. The average Bonchev–Trinajstić information content (AvgIpc) is 2.45. The van der Waals surface area contributed by atoms with Gasteiger partial charge in [0.15, 0.2) is 0 Å². The monoisotopic (exact) mass is 290 g/mol. The standard InChI is InChI=1S/C16H19ClN2O/c1-11-7-15(18)14(17)9-16(11)19-13(10-20)8-12-5-3-2-4-6-12/h2-7,9,13,19-20H,8,10,18H2,1H3. The summed E-state index contributed by atoms with van der Waals surface area (Å²) in [5, 5.41) is 13.4. The Kier molecular flexibility index (Phi) is 4.88. The fraction of sp³-hybridized carbons (Fsp3) is 0.250. The van der Waals surface area contributed by atoms with Crippen LogP contribution < -0.4 is 11.1 Å². The van der Waals surface area contributed by atoms with E-state index in [1.54, 1.807) is 6.07 Å². The molecule has 2 aromatic rings. The molecule has 0 aliphatic heterocycles. The van der Waals surface area contributed by atoms with E-state index >= 15 is 0 Å². The largest absolute Gasteiger partial charge is 0.398 e.